The molecule has 0 fully saturated rings. The zero-order valence-corrected chi connectivity index (χ0v) is 30.4. The fourth-order valence-corrected chi connectivity index (χ4v) is 5.51. The minimum Gasteiger partial charge on any atom is -0.444 e. The number of hydrogen-bond donors (Lipinski definition) is 6. The Morgan fingerprint density at radius 1 is 0.750 bits per heavy atom. The molecule has 5 atom stereocenters. The predicted molar refractivity (Wildman–Crippen MR) is 196 cm³/mol. The normalized spacial score (nSPS) is 14.5. The van der Waals surface area contributed by atoms with Crippen molar-refractivity contribution < 1.29 is 38.5 Å². The molecule has 3 amide bonds. The summed E-state index contributed by atoms with van der Waals surface area (Å²) in [5.41, 5.74) is 2.28. The van der Waals surface area contributed by atoms with Gasteiger partial charge in [-0.25, -0.2) is 14.6 Å². The van der Waals surface area contributed by atoms with Crippen LogP contribution in [0.2, 0.25) is 0 Å². The minimum absolute atomic E-state index is 0.00561. The van der Waals surface area contributed by atoms with Crippen molar-refractivity contribution >= 4 is 29.2 Å². The molecule has 4 aromatic rings. The number of amides is 3. The summed E-state index contributed by atoms with van der Waals surface area (Å²) in [6, 6.07) is 23.6. The maximum atomic E-state index is 13.6. The van der Waals surface area contributed by atoms with Gasteiger partial charge < -0.3 is 45.4 Å². The first-order chi connectivity index (χ1) is 24.8. The number of alkyl carbamates (subject to hydrolysis) is 2. The lowest BCUT2D eigenvalue weighted by Crippen LogP contribution is -2.57. The summed E-state index contributed by atoms with van der Waals surface area (Å²) in [5, 5.41) is 34.0. The highest BCUT2D eigenvalue weighted by atomic mass is 16.6. The highest BCUT2D eigenvalue weighted by molar-refractivity contribution is 5.86. The van der Waals surface area contributed by atoms with Crippen LogP contribution >= 0.6 is 0 Å². The molecule has 1 aromatic heterocycles. The van der Waals surface area contributed by atoms with E-state index < -0.39 is 54.0 Å². The summed E-state index contributed by atoms with van der Waals surface area (Å²) in [6.07, 6.45) is -2.97. The third-order valence-electron chi connectivity index (χ3n) is 8.15. The van der Waals surface area contributed by atoms with E-state index in [0.29, 0.717) is 23.9 Å². The second-order valence-electron chi connectivity index (χ2n) is 14.1. The fraction of sp³-hybridized carbons (Fsp3) is 0.436. The van der Waals surface area contributed by atoms with Gasteiger partial charge in [-0.3, -0.25) is 4.79 Å². The van der Waals surface area contributed by atoms with Crippen LogP contribution in [-0.4, -0.2) is 82.3 Å². The summed E-state index contributed by atoms with van der Waals surface area (Å²) in [4.78, 5) is 43.3. The number of nitrogens with zero attached hydrogens (tertiary/aromatic N) is 1. The summed E-state index contributed by atoms with van der Waals surface area (Å²) in [7, 11) is 0. The third-order valence-corrected chi connectivity index (χ3v) is 8.15. The van der Waals surface area contributed by atoms with E-state index in [2.05, 4.69) is 26.3 Å². The minimum atomic E-state index is -1.10. The number of benzene rings is 3. The number of hydrogen-bond acceptors (Lipinski definition) is 10. The molecule has 3 aromatic carbocycles. The number of nitrogens with one attached hydrogen (secondary N) is 4. The van der Waals surface area contributed by atoms with Gasteiger partial charge in [0.2, 0.25) is 11.8 Å². The highest BCUT2D eigenvalue weighted by Crippen LogP contribution is 2.16. The standard InChI is InChI=1S/C39H51N5O8/c1-25(2)35(44-37(48)50-24-34-41-28-18-12-13-19-33(28)51-34)36(47)42-29(20-26-14-8-6-9-15-26)31(45)22-40-23-32(46)30(21-27-16-10-7-11-17-27)43-38(49)52-39(3,4)5/h6-19,25,29-32,35,40,45-46H,20-24H2,1-5H3,(H,42,47)(H,43,49)(H,44,48)/t29-,30-,31+,32+,35-/m0/s1. The van der Waals surface area contributed by atoms with E-state index in [-0.39, 0.29) is 31.5 Å². The van der Waals surface area contributed by atoms with E-state index in [1.54, 1.807) is 46.8 Å². The third kappa shape index (κ3) is 13.0. The Hall–Kier alpha value is -4.98. The Bertz CT molecular complexity index is 1680. The Labute approximate surface area is 304 Å². The molecule has 1 heterocycles. The van der Waals surface area contributed by atoms with Gasteiger partial charge in [0, 0.05) is 13.1 Å². The smallest absolute Gasteiger partial charge is 0.408 e. The number of fused-ring (bicyclic) bond motifs is 1. The van der Waals surface area contributed by atoms with Crippen LogP contribution in [0.1, 0.15) is 51.6 Å². The van der Waals surface area contributed by atoms with Crippen molar-refractivity contribution in [3.8, 4) is 0 Å². The molecular weight excluding hydrogens is 666 g/mol. The first-order valence-electron chi connectivity index (χ1n) is 17.5. The van der Waals surface area contributed by atoms with Gasteiger partial charge in [-0.05, 0) is 62.8 Å². The van der Waals surface area contributed by atoms with Gasteiger partial charge in [-0.15, -0.1) is 0 Å². The first kappa shape index (κ1) is 39.8. The number of carbonyl (C=O) groups excluding carboxylic acids is 3. The van der Waals surface area contributed by atoms with Crippen LogP contribution < -0.4 is 21.3 Å². The second kappa shape index (κ2) is 19.0. The van der Waals surface area contributed by atoms with Crippen LogP contribution in [0, 0.1) is 5.92 Å². The molecule has 4 rings (SSSR count). The zero-order chi connectivity index (χ0) is 37.7. The van der Waals surface area contributed by atoms with Crippen molar-refractivity contribution in [2.24, 2.45) is 5.92 Å². The van der Waals surface area contributed by atoms with Gasteiger partial charge in [0.25, 0.3) is 0 Å². The lowest BCUT2D eigenvalue weighted by atomic mass is 9.98. The molecule has 280 valence electrons. The van der Waals surface area contributed by atoms with Gasteiger partial charge >= 0.3 is 12.2 Å². The number of aliphatic hydroxyl groups is 2. The van der Waals surface area contributed by atoms with Crippen molar-refractivity contribution in [2.75, 3.05) is 13.1 Å². The van der Waals surface area contributed by atoms with Crippen LogP contribution in [0.15, 0.2) is 89.3 Å². The molecule has 52 heavy (non-hydrogen) atoms. The average molecular weight is 718 g/mol. The molecule has 0 saturated heterocycles. The number of carbonyl (C=O) groups is 3. The summed E-state index contributed by atoms with van der Waals surface area (Å²) >= 11 is 0. The highest BCUT2D eigenvalue weighted by Gasteiger charge is 2.30. The molecule has 0 spiro atoms. The van der Waals surface area contributed by atoms with Gasteiger partial charge in [0.05, 0.1) is 24.3 Å². The molecule has 0 bridgehead atoms. The largest absolute Gasteiger partial charge is 0.444 e. The van der Waals surface area contributed by atoms with Gasteiger partial charge in [0.1, 0.15) is 17.2 Å². The molecule has 0 radical (unpaired) electrons. The molecule has 0 unspecified atom stereocenters. The van der Waals surface area contributed by atoms with Crippen LogP contribution in [-0.2, 0) is 33.7 Å². The van der Waals surface area contributed by atoms with E-state index in [0.717, 1.165) is 11.1 Å². The van der Waals surface area contributed by atoms with Crippen molar-refractivity contribution in [3.63, 3.8) is 0 Å². The summed E-state index contributed by atoms with van der Waals surface area (Å²) in [6.45, 7) is 8.66. The van der Waals surface area contributed by atoms with Crippen molar-refractivity contribution in [2.45, 2.75) is 90.0 Å². The van der Waals surface area contributed by atoms with Crippen molar-refractivity contribution in [3.05, 3.63) is 102 Å². The predicted octanol–water partition coefficient (Wildman–Crippen LogP) is 4.25. The van der Waals surface area contributed by atoms with Crippen molar-refractivity contribution in [1.82, 2.24) is 26.3 Å². The van der Waals surface area contributed by atoms with Crippen LogP contribution in [0.3, 0.4) is 0 Å². The molecular formula is C39H51N5O8. The lowest BCUT2D eigenvalue weighted by molar-refractivity contribution is -0.125. The lowest BCUT2D eigenvalue weighted by Gasteiger charge is -2.30. The van der Waals surface area contributed by atoms with Gasteiger partial charge in [-0.2, -0.15) is 0 Å². The molecule has 0 aliphatic heterocycles. The SMILES string of the molecule is CC(C)[C@H](NC(=O)OCc1nc2ccccc2o1)C(=O)N[C@@H](Cc1ccccc1)[C@H](O)CNC[C@@H](O)[C@H](Cc1ccccc1)NC(=O)OC(C)(C)C. The Balaban J connectivity index is 1.37. The van der Waals surface area contributed by atoms with E-state index in [1.165, 1.54) is 0 Å². The maximum Gasteiger partial charge on any atom is 0.408 e. The monoisotopic (exact) mass is 717 g/mol. The molecule has 0 aliphatic carbocycles. The number of aromatic nitrogens is 1. The number of oxazole rings is 1. The van der Waals surface area contributed by atoms with Crippen molar-refractivity contribution in [1.29, 1.82) is 0 Å². The van der Waals surface area contributed by atoms with E-state index in [4.69, 9.17) is 13.9 Å². The number of para-hydroxylation sites is 2. The van der Waals surface area contributed by atoms with E-state index >= 15 is 0 Å². The fourth-order valence-electron chi connectivity index (χ4n) is 5.51. The Kier molecular flexibility index (Phi) is 14.6. The number of rotatable bonds is 17. The zero-order valence-electron chi connectivity index (χ0n) is 30.4. The Morgan fingerprint density at radius 2 is 1.29 bits per heavy atom. The summed E-state index contributed by atoms with van der Waals surface area (Å²) < 4.78 is 16.3. The quantitative estimate of drug-likeness (QED) is 0.0923. The van der Waals surface area contributed by atoms with Crippen LogP contribution in [0.4, 0.5) is 9.59 Å². The first-order valence-corrected chi connectivity index (χ1v) is 17.5. The molecule has 6 N–H and O–H groups in total. The Morgan fingerprint density at radius 3 is 1.83 bits per heavy atom. The molecule has 13 nitrogen and oxygen atoms in total. The average Bonchev–Trinajstić information content (AvgIpc) is 3.52. The van der Waals surface area contributed by atoms with Crippen LogP contribution in [0.5, 0.6) is 0 Å². The van der Waals surface area contributed by atoms with Gasteiger partial charge in [0.15, 0.2) is 12.2 Å². The number of ether oxygens (including phenoxy) is 2. The maximum absolute atomic E-state index is 13.6. The van der Waals surface area contributed by atoms with Crippen LogP contribution in [0.25, 0.3) is 11.1 Å². The topological polar surface area (TPSA) is 184 Å². The van der Waals surface area contributed by atoms with Gasteiger partial charge in [-0.1, -0.05) is 86.6 Å². The molecule has 0 aliphatic rings. The molecule has 0 saturated carbocycles. The second-order valence-corrected chi connectivity index (χ2v) is 14.1. The van der Waals surface area contributed by atoms with E-state index in [1.807, 2.05) is 72.8 Å². The summed E-state index contributed by atoms with van der Waals surface area (Å²) in [5.74, 6) is -0.602. The molecule has 13 heteroatoms. The van der Waals surface area contributed by atoms with E-state index in [9.17, 15) is 24.6 Å². The number of aliphatic hydroxyl groups excluding tert-OH is 2.